The Kier molecular flexibility index (Phi) is 4.04. The zero-order valence-electron chi connectivity index (χ0n) is 13.1. The highest BCUT2D eigenvalue weighted by Crippen LogP contribution is 2.47. The van der Waals surface area contributed by atoms with Gasteiger partial charge in [0.15, 0.2) is 5.96 Å². The lowest BCUT2D eigenvalue weighted by atomic mass is 9.68. The monoisotopic (exact) mass is 287 g/mol. The normalized spacial score (nSPS) is 20.5. The number of hydrogen-bond donors (Lipinski definition) is 1. The van der Waals surface area contributed by atoms with Crippen molar-refractivity contribution in [2.45, 2.75) is 32.2 Å². The quantitative estimate of drug-likeness (QED) is 0.686. The first kappa shape index (κ1) is 14.2. The third-order valence-corrected chi connectivity index (χ3v) is 4.95. The fourth-order valence-electron chi connectivity index (χ4n) is 3.50. The molecule has 2 aliphatic rings. The van der Waals surface area contributed by atoms with Gasteiger partial charge in [0.1, 0.15) is 5.75 Å². The van der Waals surface area contributed by atoms with E-state index in [0.29, 0.717) is 5.41 Å². The van der Waals surface area contributed by atoms with Gasteiger partial charge in [-0.25, -0.2) is 0 Å². The van der Waals surface area contributed by atoms with E-state index < -0.39 is 0 Å². The number of methoxy groups -OCH3 is 1. The third kappa shape index (κ3) is 2.99. The van der Waals surface area contributed by atoms with Crippen LogP contribution in [0.15, 0.2) is 29.3 Å². The molecule has 1 aliphatic carbocycles. The second-order valence-corrected chi connectivity index (χ2v) is 6.28. The molecule has 1 saturated carbocycles. The predicted octanol–water partition coefficient (Wildman–Crippen LogP) is 2.65. The fraction of sp³-hybridized carbons (Fsp3) is 0.588. The molecule has 21 heavy (non-hydrogen) atoms. The summed E-state index contributed by atoms with van der Waals surface area (Å²) in [5.41, 5.74) is 1.82. The van der Waals surface area contributed by atoms with Gasteiger partial charge in [-0.2, -0.15) is 0 Å². The smallest absolute Gasteiger partial charge is 0.193 e. The minimum Gasteiger partial charge on any atom is -0.497 e. The van der Waals surface area contributed by atoms with Crippen LogP contribution in [-0.2, 0) is 6.54 Å². The second-order valence-electron chi connectivity index (χ2n) is 6.28. The topological polar surface area (TPSA) is 36.9 Å². The summed E-state index contributed by atoms with van der Waals surface area (Å²) >= 11 is 0. The summed E-state index contributed by atoms with van der Waals surface area (Å²) in [5.74, 6) is 1.93. The molecule has 1 aromatic carbocycles. The molecule has 114 valence electrons. The molecule has 0 unspecified atom stereocenters. The number of rotatable bonds is 3. The van der Waals surface area contributed by atoms with Crippen LogP contribution in [-0.4, -0.2) is 38.1 Å². The summed E-state index contributed by atoms with van der Waals surface area (Å²) in [6.45, 7) is 3.09. The summed E-state index contributed by atoms with van der Waals surface area (Å²) in [6, 6.07) is 8.18. The van der Waals surface area contributed by atoms with Gasteiger partial charge in [0.25, 0.3) is 0 Å². The average Bonchev–Trinajstić information content (AvgIpc) is 2.94. The van der Waals surface area contributed by atoms with Crippen LogP contribution < -0.4 is 10.1 Å². The van der Waals surface area contributed by atoms with E-state index in [9.17, 15) is 0 Å². The molecule has 1 N–H and O–H groups in total. The Morgan fingerprint density at radius 3 is 2.86 bits per heavy atom. The Labute approximate surface area is 127 Å². The van der Waals surface area contributed by atoms with Crippen molar-refractivity contribution in [1.29, 1.82) is 0 Å². The Bertz CT molecular complexity index is 523. The zero-order valence-corrected chi connectivity index (χ0v) is 13.1. The van der Waals surface area contributed by atoms with Crippen molar-refractivity contribution in [1.82, 2.24) is 10.2 Å². The first-order chi connectivity index (χ1) is 10.2. The summed E-state index contributed by atoms with van der Waals surface area (Å²) in [5, 5.41) is 3.49. The van der Waals surface area contributed by atoms with Gasteiger partial charge in [-0.05, 0) is 42.4 Å². The van der Waals surface area contributed by atoms with E-state index >= 15 is 0 Å². The number of ether oxygens (including phenoxy) is 1. The van der Waals surface area contributed by atoms with Crippen LogP contribution in [0, 0.1) is 5.41 Å². The number of hydrogen-bond acceptors (Lipinski definition) is 2. The summed E-state index contributed by atoms with van der Waals surface area (Å²) in [4.78, 5) is 6.87. The molecule has 4 nitrogen and oxygen atoms in total. The summed E-state index contributed by atoms with van der Waals surface area (Å²) < 4.78 is 5.27. The molecule has 0 bridgehead atoms. The number of nitrogens with one attached hydrogen (secondary N) is 1. The maximum Gasteiger partial charge on any atom is 0.193 e. The van der Waals surface area contributed by atoms with Crippen LogP contribution in [0.1, 0.15) is 31.2 Å². The second kappa shape index (κ2) is 5.96. The van der Waals surface area contributed by atoms with Crippen molar-refractivity contribution < 1.29 is 4.74 Å². The first-order valence-corrected chi connectivity index (χ1v) is 7.83. The minimum absolute atomic E-state index is 0.605. The van der Waals surface area contributed by atoms with Crippen molar-refractivity contribution in [3.63, 3.8) is 0 Å². The molecule has 0 atom stereocenters. The highest BCUT2D eigenvalue weighted by molar-refractivity contribution is 5.80. The van der Waals surface area contributed by atoms with E-state index in [4.69, 9.17) is 4.74 Å². The third-order valence-electron chi connectivity index (χ3n) is 4.95. The van der Waals surface area contributed by atoms with Gasteiger partial charge in [-0.3, -0.25) is 4.99 Å². The number of aliphatic imine (C=N–C) groups is 1. The molecule has 1 spiro atoms. The fourth-order valence-corrected chi connectivity index (χ4v) is 3.50. The largest absolute Gasteiger partial charge is 0.497 e. The average molecular weight is 287 g/mol. The summed E-state index contributed by atoms with van der Waals surface area (Å²) in [6.07, 6.45) is 5.53. The lowest BCUT2D eigenvalue weighted by Gasteiger charge is -2.38. The number of nitrogens with zero attached hydrogens (tertiary/aromatic N) is 2. The molecule has 1 heterocycles. The predicted molar refractivity (Wildman–Crippen MR) is 85.7 cm³/mol. The van der Waals surface area contributed by atoms with Gasteiger partial charge < -0.3 is 15.0 Å². The molecule has 1 aliphatic heterocycles. The van der Waals surface area contributed by atoms with Crippen LogP contribution in [0.4, 0.5) is 0 Å². The molecule has 1 aromatic rings. The number of likely N-dealkylation sites (tertiary alicyclic amines) is 1. The molecule has 3 rings (SSSR count). The van der Waals surface area contributed by atoms with Crippen molar-refractivity contribution in [2.75, 3.05) is 27.2 Å². The van der Waals surface area contributed by atoms with Crippen LogP contribution in [0.2, 0.25) is 0 Å². The Balaban J connectivity index is 1.58. The Morgan fingerprint density at radius 1 is 1.38 bits per heavy atom. The standard InChI is InChI=1S/C17H25N3O/c1-18-16(20-10-9-17(13-20)7-4-8-17)19-12-14-5-3-6-15(11-14)21-2/h3,5-6,11H,4,7-10,12-13H2,1-2H3,(H,18,19). The van der Waals surface area contributed by atoms with E-state index in [2.05, 4.69) is 27.3 Å². The van der Waals surface area contributed by atoms with E-state index in [-0.39, 0.29) is 0 Å². The number of benzene rings is 1. The SMILES string of the molecule is CN=C(NCc1cccc(OC)c1)N1CCC2(CCC2)C1. The molecule has 1 saturated heterocycles. The number of guanidine groups is 1. The lowest BCUT2D eigenvalue weighted by molar-refractivity contribution is 0.151. The minimum atomic E-state index is 0.605. The van der Waals surface area contributed by atoms with E-state index in [0.717, 1.165) is 24.8 Å². The van der Waals surface area contributed by atoms with Crippen molar-refractivity contribution >= 4 is 5.96 Å². The highest BCUT2D eigenvalue weighted by Gasteiger charge is 2.43. The molecule has 4 heteroatoms. The van der Waals surface area contributed by atoms with Gasteiger partial charge in [0.2, 0.25) is 0 Å². The van der Waals surface area contributed by atoms with Crippen molar-refractivity contribution in [3.05, 3.63) is 29.8 Å². The maximum atomic E-state index is 5.27. The van der Waals surface area contributed by atoms with Gasteiger partial charge in [0.05, 0.1) is 7.11 Å². The lowest BCUT2D eigenvalue weighted by Crippen LogP contribution is -2.42. The zero-order chi connectivity index (χ0) is 14.7. The van der Waals surface area contributed by atoms with Gasteiger partial charge >= 0.3 is 0 Å². The van der Waals surface area contributed by atoms with Crippen LogP contribution in [0.25, 0.3) is 0 Å². The molecular weight excluding hydrogens is 262 g/mol. The Hall–Kier alpha value is -1.71. The molecule has 0 amide bonds. The van der Waals surface area contributed by atoms with E-state index in [1.165, 1.54) is 37.8 Å². The van der Waals surface area contributed by atoms with Gasteiger partial charge in [0, 0.05) is 26.7 Å². The molecule has 0 radical (unpaired) electrons. The molecule has 0 aromatic heterocycles. The first-order valence-electron chi connectivity index (χ1n) is 7.83. The van der Waals surface area contributed by atoms with E-state index in [1.807, 2.05) is 19.2 Å². The van der Waals surface area contributed by atoms with Gasteiger partial charge in [-0.15, -0.1) is 0 Å². The van der Waals surface area contributed by atoms with Crippen molar-refractivity contribution in [3.8, 4) is 5.75 Å². The summed E-state index contributed by atoms with van der Waals surface area (Å²) in [7, 11) is 3.58. The van der Waals surface area contributed by atoms with Crippen LogP contribution in [0.3, 0.4) is 0 Å². The van der Waals surface area contributed by atoms with Crippen LogP contribution >= 0.6 is 0 Å². The maximum absolute atomic E-state index is 5.27. The highest BCUT2D eigenvalue weighted by atomic mass is 16.5. The van der Waals surface area contributed by atoms with Crippen molar-refractivity contribution in [2.24, 2.45) is 10.4 Å². The molecule has 2 fully saturated rings. The van der Waals surface area contributed by atoms with E-state index in [1.54, 1.807) is 7.11 Å². The van der Waals surface area contributed by atoms with Gasteiger partial charge in [-0.1, -0.05) is 18.6 Å². The molecular formula is C17H25N3O. The Morgan fingerprint density at radius 2 is 2.24 bits per heavy atom. The van der Waals surface area contributed by atoms with Crippen LogP contribution in [0.5, 0.6) is 5.75 Å².